The van der Waals surface area contributed by atoms with Gasteiger partial charge in [0.25, 0.3) is 0 Å². The number of nitrogens with one attached hydrogen (secondary N) is 1. The number of hydrogen-bond donors (Lipinski definition) is 1. The van der Waals surface area contributed by atoms with E-state index in [9.17, 15) is 21.6 Å². The summed E-state index contributed by atoms with van der Waals surface area (Å²) >= 11 is 8.12. The van der Waals surface area contributed by atoms with Crippen LogP contribution >= 0.6 is 46.0 Å². The lowest BCUT2D eigenvalue weighted by atomic mass is 10.1. The summed E-state index contributed by atoms with van der Waals surface area (Å²) in [6.07, 6.45) is -4.82. The Morgan fingerprint density at radius 2 is 1.62 bits per heavy atom. The maximum absolute atomic E-state index is 13.9. The molecule has 0 saturated heterocycles. The molecule has 3 nitrogen and oxygen atoms in total. The smallest absolute Gasteiger partial charge is 0.207 e. The molecule has 0 spiro atoms. The molecule has 0 fully saturated rings. The van der Waals surface area contributed by atoms with Gasteiger partial charge in [-0.2, -0.15) is 17.9 Å². The zero-order valence-corrected chi connectivity index (χ0v) is 20.7. The van der Waals surface area contributed by atoms with Gasteiger partial charge >= 0.3 is 6.18 Å². The number of benzene rings is 2. The quantitative estimate of drug-likeness (QED) is 0.189. The van der Waals surface area contributed by atoms with Crippen molar-refractivity contribution in [3.63, 3.8) is 0 Å². The molecule has 1 N–H and O–H groups in total. The first-order valence-corrected chi connectivity index (χ1v) is 12.4. The fourth-order valence-corrected chi connectivity index (χ4v) is 7.57. The van der Waals surface area contributed by atoms with E-state index in [4.69, 9.17) is 11.6 Å². The topological polar surface area (TPSA) is 46.2 Å². The number of sulfonamides is 1. The summed E-state index contributed by atoms with van der Waals surface area (Å²) < 4.78 is 66.9. The minimum atomic E-state index is -4.82. The van der Waals surface area contributed by atoms with Crippen molar-refractivity contribution < 1.29 is 21.6 Å². The molecule has 1 atom stereocenters. The minimum absolute atomic E-state index is 0.132. The first kappa shape index (κ1) is 24.8. The predicted molar refractivity (Wildman–Crippen MR) is 121 cm³/mol. The van der Waals surface area contributed by atoms with Crippen LogP contribution in [0.1, 0.15) is 22.3 Å². The second-order valence-electron chi connectivity index (χ2n) is 6.81. The summed E-state index contributed by atoms with van der Waals surface area (Å²) in [5.41, 5.74) is 2.34. The van der Waals surface area contributed by atoms with Crippen molar-refractivity contribution in [2.24, 2.45) is 0 Å². The van der Waals surface area contributed by atoms with Crippen LogP contribution in [0.2, 0.25) is 5.02 Å². The van der Waals surface area contributed by atoms with Crippen molar-refractivity contribution in [2.45, 2.75) is 47.2 Å². The van der Waals surface area contributed by atoms with Crippen molar-refractivity contribution in [3.05, 3.63) is 57.6 Å². The fourth-order valence-electron chi connectivity index (χ4n) is 2.99. The van der Waals surface area contributed by atoms with Gasteiger partial charge in [-0.1, -0.05) is 41.4 Å². The molecule has 2 aromatic rings. The first-order chi connectivity index (χ1) is 13.2. The maximum Gasteiger partial charge on any atom is 0.417 e. The van der Waals surface area contributed by atoms with Gasteiger partial charge in [0.1, 0.15) is 0 Å². The van der Waals surface area contributed by atoms with E-state index in [0.717, 1.165) is 45.5 Å². The van der Waals surface area contributed by atoms with Crippen molar-refractivity contribution in [1.82, 2.24) is 4.72 Å². The Morgan fingerprint density at radius 3 is 2.10 bits per heavy atom. The Bertz CT molecular complexity index is 985. The van der Waals surface area contributed by atoms with Gasteiger partial charge < -0.3 is 0 Å². The summed E-state index contributed by atoms with van der Waals surface area (Å²) in [5.74, 6) is -0.579. The minimum Gasteiger partial charge on any atom is -0.207 e. The number of halogens is 5. The molecule has 0 radical (unpaired) electrons. The number of aryl methyl sites for hydroxylation is 4. The van der Waals surface area contributed by atoms with Crippen LogP contribution in [-0.4, -0.2) is 23.9 Å². The first-order valence-electron chi connectivity index (χ1n) is 8.43. The Morgan fingerprint density at radius 1 is 1.07 bits per heavy atom. The summed E-state index contributed by atoms with van der Waals surface area (Å²) in [6, 6.07) is 8.29. The zero-order valence-electron chi connectivity index (χ0n) is 16.1. The van der Waals surface area contributed by atoms with E-state index in [-0.39, 0.29) is 4.90 Å². The maximum atomic E-state index is 13.9. The third-order valence-corrected chi connectivity index (χ3v) is 9.98. The summed E-state index contributed by atoms with van der Waals surface area (Å²) in [4.78, 5) is 0.355. The van der Waals surface area contributed by atoms with E-state index in [1.165, 1.54) is 0 Å². The Labute approximate surface area is 192 Å². The van der Waals surface area contributed by atoms with Gasteiger partial charge in [-0.15, -0.1) is 11.8 Å². The highest BCUT2D eigenvalue weighted by atomic mass is 127. The second kappa shape index (κ2) is 8.94. The zero-order chi connectivity index (χ0) is 22.2. The van der Waals surface area contributed by atoms with E-state index < -0.39 is 25.5 Å². The molecule has 160 valence electrons. The molecule has 0 aromatic heterocycles. The van der Waals surface area contributed by atoms with Crippen LogP contribution in [0.4, 0.5) is 13.2 Å². The van der Waals surface area contributed by atoms with Gasteiger partial charge in [0.05, 0.1) is 9.92 Å². The lowest BCUT2D eigenvalue weighted by Gasteiger charge is -2.31. The molecule has 0 heterocycles. The van der Waals surface area contributed by atoms with Crippen molar-refractivity contribution >= 4 is 56.0 Å². The van der Waals surface area contributed by atoms with E-state index in [0.29, 0.717) is 21.0 Å². The van der Waals surface area contributed by atoms with Gasteiger partial charge in [-0.25, -0.2) is 8.42 Å². The Kier molecular flexibility index (Phi) is 7.64. The van der Waals surface area contributed by atoms with Gasteiger partial charge in [0.15, 0.2) is 3.55 Å². The summed E-state index contributed by atoms with van der Waals surface area (Å²) in [5, 5.41) is 0.323. The van der Waals surface area contributed by atoms with Crippen molar-refractivity contribution in [2.75, 3.05) is 5.75 Å². The number of rotatable bonds is 6. The third kappa shape index (κ3) is 5.61. The van der Waals surface area contributed by atoms with Crippen LogP contribution in [0, 0.1) is 27.7 Å². The van der Waals surface area contributed by atoms with E-state index in [1.54, 1.807) is 58.0 Å². The number of hydrogen-bond acceptors (Lipinski definition) is 3. The van der Waals surface area contributed by atoms with Crippen LogP contribution in [0.5, 0.6) is 0 Å². The van der Waals surface area contributed by atoms with E-state index >= 15 is 0 Å². The van der Waals surface area contributed by atoms with Crippen molar-refractivity contribution in [1.29, 1.82) is 0 Å². The highest BCUT2D eigenvalue weighted by Gasteiger charge is 2.55. The molecule has 0 amide bonds. The van der Waals surface area contributed by atoms with Crippen LogP contribution < -0.4 is 4.72 Å². The molecule has 0 aliphatic rings. The molecule has 1 unspecified atom stereocenters. The monoisotopic (exact) mass is 577 g/mol. The molecule has 0 saturated carbocycles. The average Bonchev–Trinajstić information content (AvgIpc) is 2.51. The molecule has 29 heavy (non-hydrogen) atoms. The molecule has 0 aliphatic carbocycles. The Hall–Kier alpha value is -0.490. The van der Waals surface area contributed by atoms with Gasteiger partial charge in [0, 0.05) is 10.6 Å². The van der Waals surface area contributed by atoms with E-state index in [2.05, 4.69) is 0 Å². The molecule has 0 bridgehead atoms. The number of alkyl halides is 4. The Balaban J connectivity index is 2.43. The molecule has 2 aromatic carbocycles. The van der Waals surface area contributed by atoms with Gasteiger partial charge in [-0.05, 0) is 73.0 Å². The van der Waals surface area contributed by atoms with Crippen LogP contribution in [0.15, 0.2) is 40.1 Å². The lowest BCUT2D eigenvalue weighted by molar-refractivity contribution is -0.151. The third-order valence-electron chi connectivity index (χ3n) is 4.20. The molecular formula is C19H20ClF3INO2S2. The van der Waals surface area contributed by atoms with Crippen molar-refractivity contribution in [3.8, 4) is 0 Å². The average molecular weight is 578 g/mol. The standard InChI is InChI=1S/C19H20ClF3INO2S2/c1-11-8-13(3)17(14(4)9-11)29(26,27)25-18(24,19(21,22)23)10-28-16-12(2)6-5-7-15(16)20/h5-9,25H,10H2,1-4H3. The second-order valence-corrected chi connectivity index (χ2v) is 11.7. The van der Waals surface area contributed by atoms with Crippen LogP contribution in [0.3, 0.4) is 0 Å². The van der Waals surface area contributed by atoms with Gasteiger partial charge in [-0.3, -0.25) is 0 Å². The highest BCUT2D eigenvalue weighted by molar-refractivity contribution is 14.1. The van der Waals surface area contributed by atoms with Crippen LogP contribution in [-0.2, 0) is 10.0 Å². The fraction of sp³-hybridized carbons (Fsp3) is 0.368. The predicted octanol–water partition coefficient (Wildman–Crippen LogP) is 6.34. The summed E-state index contributed by atoms with van der Waals surface area (Å²) in [6.45, 7) is 6.67. The lowest BCUT2D eigenvalue weighted by Crippen LogP contribution is -2.55. The highest BCUT2D eigenvalue weighted by Crippen LogP contribution is 2.43. The molecule has 2 rings (SSSR count). The summed E-state index contributed by atoms with van der Waals surface area (Å²) in [7, 11) is -4.43. The van der Waals surface area contributed by atoms with E-state index in [1.807, 2.05) is 4.72 Å². The normalized spacial score (nSPS) is 14.7. The number of thioether (sulfide) groups is 1. The molecule has 10 heteroatoms. The van der Waals surface area contributed by atoms with Gasteiger partial charge in [0.2, 0.25) is 10.0 Å². The SMILES string of the molecule is Cc1cc(C)c(S(=O)(=O)NC(I)(CSc2c(C)cccc2Cl)C(F)(F)F)c(C)c1. The molecular weight excluding hydrogens is 558 g/mol. The van der Waals surface area contributed by atoms with Crippen LogP contribution in [0.25, 0.3) is 0 Å². The molecule has 0 aliphatic heterocycles. The largest absolute Gasteiger partial charge is 0.417 e.